The summed E-state index contributed by atoms with van der Waals surface area (Å²) in [5.74, 6) is 0.968. The predicted octanol–water partition coefficient (Wildman–Crippen LogP) is 3.90. The van der Waals surface area contributed by atoms with E-state index in [0.717, 1.165) is 0 Å². The van der Waals surface area contributed by atoms with E-state index in [9.17, 15) is 14.9 Å². The third-order valence-electron chi connectivity index (χ3n) is 2.84. The molecule has 102 valence electrons. The van der Waals surface area contributed by atoms with Crippen molar-refractivity contribution in [3.8, 4) is 11.5 Å². The van der Waals surface area contributed by atoms with Crippen LogP contribution >= 0.6 is 0 Å². The van der Waals surface area contributed by atoms with Crippen molar-refractivity contribution in [3.05, 3.63) is 63.7 Å². The van der Waals surface area contributed by atoms with E-state index in [4.69, 9.17) is 4.74 Å². The molecule has 0 bridgehead atoms. The van der Waals surface area contributed by atoms with Gasteiger partial charge in [0, 0.05) is 17.2 Å². The molecule has 2 aromatic carbocycles. The number of nitrogens with zero attached hydrogens (tertiary/aromatic N) is 1. The van der Waals surface area contributed by atoms with Gasteiger partial charge in [0.05, 0.1) is 4.92 Å². The molecule has 0 saturated heterocycles. The number of nitro benzene ring substituents is 1. The van der Waals surface area contributed by atoms with E-state index < -0.39 is 4.92 Å². The Morgan fingerprint density at radius 2 is 1.85 bits per heavy atom. The SMILES string of the molecule is CC(=O)c1cccc(Oc2ccc([N+](=O)[O-])c(C)c2)c1. The summed E-state index contributed by atoms with van der Waals surface area (Å²) in [6.07, 6.45) is 0. The van der Waals surface area contributed by atoms with Crippen LogP contribution in [-0.2, 0) is 0 Å². The van der Waals surface area contributed by atoms with Crippen LogP contribution < -0.4 is 4.74 Å². The quantitative estimate of drug-likeness (QED) is 0.480. The first kappa shape index (κ1) is 13.7. The number of carbonyl (C=O) groups excluding carboxylic acids is 1. The summed E-state index contributed by atoms with van der Waals surface area (Å²) in [6, 6.07) is 11.3. The average Bonchev–Trinajstić information content (AvgIpc) is 2.38. The molecular formula is C15H13NO4. The summed E-state index contributed by atoms with van der Waals surface area (Å²) in [4.78, 5) is 21.6. The van der Waals surface area contributed by atoms with Gasteiger partial charge < -0.3 is 4.74 Å². The zero-order valence-corrected chi connectivity index (χ0v) is 11.1. The van der Waals surface area contributed by atoms with Crippen LogP contribution in [0.25, 0.3) is 0 Å². The molecule has 2 aromatic rings. The zero-order chi connectivity index (χ0) is 14.7. The number of Topliss-reactive ketones (excluding diaryl/α,β-unsaturated/α-hetero) is 1. The molecule has 0 amide bonds. The van der Waals surface area contributed by atoms with E-state index in [1.807, 2.05) is 0 Å². The minimum Gasteiger partial charge on any atom is -0.457 e. The van der Waals surface area contributed by atoms with Gasteiger partial charge in [-0.05, 0) is 38.1 Å². The van der Waals surface area contributed by atoms with Crippen molar-refractivity contribution in [2.75, 3.05) is 0 Å². The number of ketones is 1. The van der Waals surface area contributed by atoms with Crippen molar-refractivity contribution in [1.82, 2.24) is 0 Å². The van der Waals surface area contributed by atoms with E-state index in [0.29, 0.717) is 22.6 Å². The van der Waals surface area contributed by atoms with E-state index in [-0.39, 0.29) is 11.5 Å². The number of carbonyl (C=O) groups is 1. The molecule has 0 unspecified atom stereocenters. The molecule has 5 heteroatoms. The number of benzene rings is 2. The molecule has 2 rings (SSSR count). The minimum absolute atomic E-state index is 0.0460. The molecule has 5 nitrogen and oxygen atoms in total. The Morgan fingerprint density at radius 1 is 1.15 bits per heavy atom. The number of hydrogen-bond donors (Lipinski definition) is 0. The maximum absolute atomic E-state index is 11.3. The van der Waals surface area contributed by atoms with Crippen LogP contribution in [0.2, 0.25) is 0 Å². The summed E-state index contributed by atoms with van der Waals surface area (Å²) >= 11 is 0. The van der Waals surface area contributed by atoms with Crippen LogP contribution in [0, 0.1) is 17.0 Å². The monoisotopic (exact) mass is 271 g/mol. The van der Waals surface area contributed by atoms with E-state index in [1.54, 1.807) is 37.3 Å². The van der Waals surface area contributed by atoms with Crippen molar-refractivity contribution in [1.29, 1.82) is 0 Å². The highest BCUT2D eigenvalue weighted by atomic mass is 16.6. The standard InChI is InChI=1S/C15H13NO4/c1-10-8-14(6-7-15(10)16(18)19)20-13-5-3-4-12(9-13)11(2)17/h3-9H,1-2H3. The number of hydrogen-bond acceptors (Lipinski definition) is 4. The largest absolute Gasteiger partial charge is 0.457 e. The third kappa shape index (κ3) is 3.00. The highest BCUT2D eigenvalue weighted by Gasteiger charge is 2.11. The predicted molar refractivity (Wildman–Crippen MR) is 74.4 cm³/mol. The van der Waals surface area contributed by atoms with Gasteiger partial charge in [-0.3, -0.25) is 14.9 Å². The fourth-order valence-corrected chi connectivity index (χ4v) is 1.81. The first-order valence-electron chi connectivity index (χ1n) is 6.01. The zero-order valence-electron chi connectivity index (χ0n) is 11.1. The van der Waals surface area contributed by atoms with Crippen molar-refractivity contribution in [2.45, 2.75) is 13.8 Å². The van der Waals surface area contributed by atoms with Gasteiger partial charge in [0.25, 0.3) is 5.69 Å². The Hall–Kier alpha value is -2.69. The van der Waals surface area contributed by atoms with Gasteiger partial charge in [-0.25, -0.2) is 0 Å². The molecule has 0 atom stereocenters. The Kier molecular flexibility index (Phi) is 3.79. The smallest absolute Gasteiger partial charge is 0.272 e. The molecule has 0 spiro atoms. The fourth-order valence-electron chi connectivity index (χ4n) is 1.81. The van der Waals surface area contributed by atoms with Crippen molar-refractivity contribution < 1.29 is 14.5 Å². The molecule has 0 radical (unpaired) electrons. The summed E-state index contributed by atoms with van der Waals surface area (Å²) in [6.45, 7) is 3.13. The van der Waals surface area contributed by atoms with Crippen LogP contribution in [0.15, 0.2) is 42.5 Å². The lowest BCUT2D eigenvalue weighted by Gasteiger charge is -2.07. The van der Waals surface area contributed by atoms with Gasteiger partial charge in [-0.1, -0.05) is 12.1 Å². The number of rotatable bonds is 4. The van der Waals surface area contributed by atoms with Crippen LogP contribution in [-0.4, -0.2) is 10.7 Å². The third-order valence-corrected chi connectivity index (χ3v) is 2.84. The van der Waals surface area contributed by atoms with E-state index in [2.05, 4.69) is 0 Å². The normalized spacial score (nSPS) is 10.1. The fraction of sp³-hybridized carbons (Fsp3) is 0.133. The van der Waals surface area contributed by atoms with Gasteiger partial charge >= 0.3 is 0 Å². The van der Waals surface area contributed by atoms with E-state index in [1.165, 1.54) is 19.1 Å². The van der Waals surface area contributed by atoms with Gasteiger partial charge in [-0.15, -0.1) is 0 Å². The molecule has 0 aliphatic heterocycles. The highest BCUT2D eigenvalue weighted by Crippen LogP contribution is 2.27. The Bertz CT molecular complexity index is 679. The Labute approximate surface area is 116 Å². The second-order valence-electron chi connectivity index (χ2n) is 4.39. The molecule has 0 saturated carbocycles. The summed E-state index contributed by atoms with van der Waals surface area (Å²) in [5.41, 5.74) is 1.13. The molecule has 0 heterocycles. The summed E-state index contributed by atoms with van der Waals surface area (Å²) in [7, 11) is 0. The molecular weight excluding hydrogens is 258 g/mol. The first-order valence-corrected chi connectivity index (χ1v) is 6.01. The molecule has 20 heavy (non-hydrogen) atoms. The topological polar surface area (TPSA) is 69.4 Å². The molecule has 0 aromatic heterocycles. The van der Waals surface area contributed by atoms with E-state index >= 15 is 0 Å². The average molecular weight is 271 g/mol. The minimum atomic E-state index is -0.435. The molecule has 0 N–H and O–H groups in total. The second kappa shape index (κ2) is 5.52. The Balaban J connectivity index is 2.26. The second-order valence-corrected chi connectivity index (χ2v) is 4.39. The van der Waals surface area contributed by atoms with Crippen LogP contribution in [0.4, 0.5) is 5.69 Å². The van der Waals surface area contributed by atoms with Crippen LogP contribution in [0.3, 0.4) is 0 Å². The molecule has 0 aliphatic carbocycles. The summed E-state index contributed by atoms with van der Waals surface area (Å²) < 4.78 is 5.61. The number of nitro groups is 1. The van der Waals surface area contributed by atoms with Gasteiger partial charge in [-0.2, -0.15) is 0 Å². The maximum atomic E-state index is 11.3. The number of ether oxygens (including phenoxy) is 1. The maximum Gasteiger partial charge on any atom is 0.272 e. The van der Waals surface area contributed by atoms with Gasteiger partial charge in [0.1, 0.15) is 11.5 Å². The van der Waals surface area contributed by atoms with Gasteiger partial charge in [0.15, 0.2) is 5.78 Å². The summed E-state index contributed by atoms with van der Waals surface area (Å²) in [5, 5.41) is 10.7. The van der Waals surface area contributed by atoms with Gasteiger partial charge in [0.2, 0.25) is 0 Å². The van der Waals surface area contributed by atoms with Crippen LogP contribution in [0.5, 0.6) is 11.5 Å². The highest BCUT2D eigenvalue weighted by molar-refractivity contribution is 5.94. The lowest BCUT2D eigenvalue weighted by molar-refractivity contribution is -0.385. The number of aryl methyl sites for hydroxylation is 1. The first-order chi connectivity index (χ1) is 9.47. The van der Waals surface area contributed by atoms with Crippen molar-refractivity contribution in [3.63, 3.8) is 0 Å². The lowest BCUT2D eigenvalue weighted by Crippen LogP contribution is -1.94. The molecule has 0 fully saturated rings. The van der Waals surface area contributed by atoms with Crippen molar-refractivity contribution in [2.24, 2.45) is 0 Å². The lowest BCUT2D eigenvalue weighted by atomic mass is 10.1. The van der Waals surface area contributed by atoms with Crippen LogP contribution in [0.1, 0.15) is 22.8 Å². The Morgan fingerprint density at radius 3 is 2.45 bits per heavy atom. The molecule has 0 aliphatic rings. The van der Waals surface area contributed by atoms with Crippen molar-refractivity contribution >= 4 is 11.5 Å².